The molecule has 4 rings (SSSR count). The summed E-state index contributed by atoms with van der Waals surface area (Å²) in [5.74, 6) is -0.191. The number of carbonyl (C=O) groups excluding carboxylic acids is 2. The zero-order valence-electron chi connectivity index (χ0n) is 12.6. The second-order valence-corrected chi connectivity index (χ2v) is 6.53. The quantitative estimate of drug-likeness (QED) is 0.779. The summed E-state index contributed by atoms with van der Waals surface area (Å²) >= 11 is 6.19. The minimum absolute atomic E-state index is 0.191. The number of H-pyrrole nitrogens is 1. The summed E-state index contributed by atoms with van der Waals surface area (Å²) in [6.45, 7) is 1.34. The van der Waals surface area contributed by atoms with Gasteiger partial charge in [0.25, 0.3) is 5.91 Å². The smallest absolute Gasteiger partial charge is 0.324 e. The molecule has 0 aliphatic carbocycles. The predicted molar refractivity (Wildman–Crippen MR) is 86.6 cm³/mol. The van der Waals surface area contributed by atoms with Crippen LogP contribution in [0.2, 0.25) is 5.02 Å². The van der Waals surface area contributed by atoms with Gasteiger partial charge in [-0.1, -0.05) is 11.6 Å². The first-order chi connectivity index (χ1) is 11.0. The Bertz CT molecular complexity index is 809. The molecular weight excluding hydrogens is 318 g/mol. The molecule has 0 bridgehead atoms. The van der Waals surface area contributed by atoms with Crippen molar-refractivity contribution in [2.75, 3.05) is 25.0 Å². The van der Waals surface area contributed by atoms with Crippen molar-refractivity contribution in [1.29, 1.82) is 0 Å². The van der Waals surface area contributed by atoms with Gasteiger partial charge >= 0.3 is 6.03 Å². The number of carbonyl (C=O) groups is 2. The van der Waals surface area contributed by atoms with Gasteiger partial charge in [0.05, 0.1) is 11.7 Å². The number of halogens is 1. The lowest BCUT2D eigenvalue weighted by molar-refractivity contribution is -0.127. The van der Waals surface area contributed by atoms with Gasteiger partial charge in [-0.05, 0) is 25.0 Å². The van der Waals surface area contributed by atoms with Gasteiger partial charge in [-0.3, -0.25) is 15.2 Å². The fourth-order valence-corrected chi connectivity index (χ4v) is 3.80. The maximum Gasteiger partial charge on any atom is 0.324 e. The number of aromatic amines is 1. The molecule has 0 unspecified atom stereocenters. The van der Waals surface area contributed by atoms with Crippen LogP contribution < -0.4 is 10.2 Å². The Morgan fingerprint density at radius 1 is 1.26 bits per heavy atom. The number of likely N-dealkylation sites (N-methyl/N-ethyl adjacent to an activating group) is 1. The van der Waals surface area contributed by atoms with Crippen LogP contribution >= 0.6 is 11.6 Å². The van der Waals surface area contributed by atoms with E-state index in [0.29, 0.717) is 31.0 Å². The minimum atomic E-state index is -0.721. The van der Waals surface area contributed by atoms with Crippen molar-refractivity contribution in [3.8, 4) is 0 Å². The number of hydrogen-bond donors (Lipinski definition) is 2. The number of imide groups is 1. The average Bonchev–Trinajstić information content (AvgIpc) is 3.07. The SMILES string of the molecule is CN1C(=O)NC(=O)C12CCN(c1cc(Cl)cc3[nH]ncc13)CC2. The maximum atomic E-state index is 12.2. The predicted octanol–water partition coefficient (Wildman–Crippen LogP) is 1.74. The van der Waals surface area contributed by atoms with Crippen molar-refractivity contribution < 1.29 is 9.59 Å². The third kappa shape index (κ3) is 1.99. The largest absolute Gasteiger partial charge is 0.371 e. The summed E-state index contributed by atoms with van der Waals surface area (Å²) in [6, 6.07) is 3.44. The number of anilines is 1. The third-order valence-corrected chi connectivity index (χ3v) is 5.24. The van der Waals surface area contributed by atoms with Crippen LogP contribution in [-0.2, 0) is 4.79 Å². The standard InChI is InChI=1S/C15H16ClN5O2/c1-20-14(23)18-13(22)15(20)2-4-21(5-3-15)12-7-9(16)6-11-10(12)8-17-19-11/h6-8H,2-5H2,1H3,(H,17,19)(H,18,22,23). The van der Waals surface area contributed by atoms with Crippen LogP contribution in [-0.4, -0.2) is 52.7 Å². The molecule has 120 valence electrons. The van der Waals surface area contributed by atoms with E-state index in [-0.39, 0.29) is 11.9 Å². The van der Waals surface area contributed by atoms with Gasteiger partial charge in [-0.15, -0.1) is 0 Å². The first-order valence-corrected chi connectivity index (χ1v) is 7.86. The van der Waals surface area contributed by atoms with Crippen molar-refractivity contribution in [3.05, 3.63) is 23.4 Å². The fourth-order valence-electron chi connectivity index (χ4n) is 3.58. The lowest BCUT2D eigenvalue weighted by Gasteiger charge is -2.41. The number of benzene rings is 1. The Balaban J connectivity index is 1.64. The molecule has 3 heterocycles. The molecule has 3 amide bonds. The van der Waals surface area contributed by atoms with Crippen LogP contribution in [0.4, 0.5) is 10.5 Å². The monoisotopic (exact) mass is 333 g/mol. The van der Waals surface area contributed by atoms with Crippen LogP contribution in [0.3, 0.4) is 0 Å². The Hall–Kier alpha value is -2.28. The molecule has 2 N–H and O–H groups in total. The van der Waals surface area contributed by atoms with Crippen molar-refractivity contribution in [2.24, 2.45) is 0 Å². The van der Waals surface area contributed by atoms with E-state index in [2.05, 4.69) is 20.4 Å². The highest BCUT2D eigenvalue weighted by Gasteiger charge is 2.52. The highest BCUT2D eigenvalue weighted by molar-refractivity contribution is 6.31. The van der Waals surface area contributed by atoms with Gasteiger partial charge in [-0.2, -0.15) is 5.10 Å². The number of fused-ring (bicyclic) bond motifs is 1. The number of piperidine rings is 1. The zero-order chi connectivity index (χ0) is 16.2. The summed E-state index contributed by atoms with van der Waals surface area (Å²) in [5.41, 5.74) is 1.17. The molecule has 0 radical (unpaired) electrons. The van der Waals surface area contributed by atoms with E-state index in [1.165, 1.54) is 4.90 Å². The lowest BCUT2D eigenvalue weighted by atomic mass is 9.86. The topological polar surface area (TPSA) is 81.3 Å². The van der Waals surface area contributed by atoms with Gasteiger partial charge in [0.15, 0.2) is 0 Å². The van der Waals surface area contributed by atoms with Crippen LogP contribution in [0.5, 0.6) is 0 Å². The van der Waals surface area contributed by atoms with Gasteiger partial charge in [0.2, 0.25) is 0 Å². The Morgan fingerprint density at radius 3 is 2.65 bits per heavy atom. The van der Waals surface area contributed by atoms with Crippen LogP contribution in [0.25, 0.3) is 10.9 Å². The van der Waals surface area contributed by atoms with E-state index in [1.807, 2.05) is 12.1 Å². The van der Waals surface area contributed by atoms with E-state index in [0.717, 1.165) is 16.6 Å². The number of rotatable bonds is 1. The number of aromatic nitrogens is 2. The average molecular weight is 334 g/mol. The van der Waals surface area contributed by atoms with Gasteiger partial charge in [-0.25, -0.2) is 4.79 Å². The molecule has 0 saturated carbocycles. The number of nitrogens with one attached hydrogen (secondary N) is 2. The van der Waals surface area contributed by atoms with Gasteiger partial charge in [0.1, 0.15) is 5.54 Å². The van der Waals surface area contributed by atoms with E-state index in [9.17, 15) is 9.59 Å². The molecular formula is C15H16ClN5O2. The fraction of sp³-hybridized carbons (Fsp3) is 0.400. The van der Waals surface area contributed by atoms with Crippen molar-refractivity contribution in [2.45, 2.75) is 18.4 Å². The number of hydrogen-bond acceptors (Lipinski definition) is 4. The summed E-state index contributed by atoms with van der Waals surface area (Å²) < 4.78 is 0. The maximum absolute atomic E-state index is 12.2. The van der Waals surface area contributed by atoms with Gasteiger partial charge < -0.3 is 9.80 Å². The van der Waals surface area contributed by atoms with Crippen molar-refractivity contribution >= 4 is 40.1 Å². The third-order valence-electron chi connectivity index (χ3n) is 5.02. The Labute approximate surface area is 137 Å². The van der Waals surface area contributed by atoms with E-state index in [1.54, 1.807) is 13.2 Å². The molecule has 1 aromatic heterocycles. The molecule has 1 aromatic carbocycles. The van der Waals surface area contributed by atoms with E-state index >= 15 is 0 Å². The van der Waals surface area contributed by atoms with Crippen LogP contribution in [0, 0.1) is 0 Å². The summed E-state index contributed by atoms with van der Waals surface area (Å²) in [6.07, 6.45) is 2.96. The second-order valence-electron chi connectivity index (χ2n) is 6.09. The highest BCUT2D eigenvalue weighted by Crippen LogP contribution is 2.36. The zero-order valence-corrected chi connectivity index (χ0v) is 13.4. The number of urea groups is 1. The first-order valence-electron chi connectivity index (χ1n) is 7.48. The molecule has 2 aliphatic rings. The summed E-state index contributed by atoms with van der Waals surface area (Å²) in [5, 5.41) is 11.1. The molecule has 2 aromatic rings. The second kappa shape index (κ2) is 4.86. The van der Waals surface area contributed by atoms with Crippen LogP contribution in [0.15, 0.2) is 18.3 Å². The van der Waals surface area contributed by atoms with Crippen molar-refractivity contribution in [1.82, 2.24) is 20.4 Å². The van der Waals surface area contributed by atoms with Gasteiger partial charge in [0, 0.05) is 36.2 Å². The molecule has 2 saturated heterocycles. The highest BCUT2D eigenvalue weighted by atomic mass is 35.5. The van der Waals surface area contributed by atoms with E-state index < -0.39 is 5.54 Å². The summed E-state index contributed by atoms with van der Waals surface area (Å²) in [4.78, 5) is 27.7. The Kier molecular flexibility index (Phi) is 3.02. The molecule has 23 heavy (non-hydrogen) atoms. The molecule has 0 atom stereocenters. The normalized spacial score (nSPS) is 20.6. The molecule has 2 fully saturated rings. The minimum Gasteiger partial charge on any atom is -0.371 e. The van der Waals surface area contributed by atoms with Crippen molar-refractivity contribution in [3.63, 3.8) is 0 Å². The molecule has 2 aliphatic heterocycles. The molecule has 1 spiro atoms. The first kappa shape index (κ1) is 14.3. The molecule has 8 heteroatoms. The van der Waals surface area contributed by atoms with E-state index in [4.69, 9.17) is 11.6 Å². The number of nitrogens with zero attached hydrogens (tertiary/aromatic N) is 3. The lowest BCUT2D eigenvalue weighted by Crippen LogP contribution is -2.55. The molecule has 7 nitrogen and oxygen atoms in total. The summed E-state index contributed by atoms with van der Waals surface area (Å²) in [7, 11) is 1.68. The number of amides is 3. The Morgan fingerprint density at radius 2 is 2.00 bits per heavy atom. The van der Waals surface area contributed by atoms with Crippen LogP contribution in [0.1, 0.15) is 12.8 Å².